The molecule has 2 aromatic carbocycles. The summed E-state index contributed by atoms with van der Waals surface area (Å²) in [4.78, 5) is 118. The van der Waals surface area contributed by atoms with Crippen molar-refractivity contribution in [2.75, 3.05) is 6.54 Å². The number of aryl methyl sites for hydroxylation is 1. The van der Waals surface area contributed by atoms with E-state index in [-0.39, 0.29) is 75.8 Å². The number of halogens is 2. The van der Waals surface area contributed by atoms with Crippen LogP contribution in [0.4, 0.5) is 8.78 Å². The van der Waals surface area contributed by atoms with Gasteiger partial charge in [-0.25, -0.2) is 0 Å². The van der Waals surface area contributed by atoms with E-state index < -0.39 is 48.8 Å². The van der Waals surface area contributed by atoms with Crippen molar-refractivity contribution in [2.24, 2.45) is 11.8 Å². The molecule has 7 aliphatic rings. The Morgan fingerprint density at radius 2 is 1.73 bits per heavy atom. The maximum Gasteiger partial charge on any atom is 0.399 e. The molecule has 7 atom stereocenters. The zero-order valence-corrected chi connectivity index (χ0v) is 42.3. The third kappa shape index (κ3) is 9.41. The summed E-state index contributed by atoms with van der Waals surface area (Å²) < 4.78 is 42.7. The number of piperidine rings is 1. The molecule has 4 saturated heterocycles. The monoisotopic (exact) mass is 1050 g/mol. The first-order valence-electron chi connectivity index (χ1n) is 25.8. The Labute approximate surface area is 429 Å². The van der Waals surface area contributed by atoms with Crippen LogP contribution in [0.15, 0.2) is 65.6 Å². The van der Waals surface area contributed by atoms with Gasteiger partial charge in [-0.05, 0) is 135 Å². The summed E-state index contributed by atoms with van der Waals surface area (Å²) in [6.45, 7) is 1.29. The van der Waals surface area contributed by atoms with Crippen molar-refractivity contribution in [3.05, 3.63) is 104 Å². The number of nitrogens with zero attached hydrogens (tertiary/aromatic N) is 4. The highest BCUT2D eigenvalue weighted by molar-refractivity contribution is 7.52. The summed E-state index contributed by atoms with van der Waals surface area (Å²) in [5, 5.41) is 5.47. The Morgan fingerprint density at radius 1 is 0.932 bits per heavy atom. The van der Waals surface area contributed by atoms with Gasteiger partial charge in [0.15, 0.2) is 0 Å². The number of hydrogen-bond acceptors (Lipinski definition) is 9. The SMILES string of the molecule is O=C1CCC(N2Cc3c(C#CCCCCCCn4ccc([C@@H]5CN(C(=O)[C@@H]6CC[C@@H]7C[C@H]8C[C@H]8C[C@H](NC(=O)c8cc9cc(C(F)(F)P(=O)(O)O)ccc9s8)C(=O)N76)C6(CC6)C5)cc4=O)cccc3C2=O)C(=O)N1. The number of imide groups is 1. The van der Waals surface area contributed by atoms with E-state index in [1.54, 1.807) is 27.7 Å². The molecule has 0 bridgehead atoms. The number of carbonyl (C=O) groups is 6. The van der Waals surface area contributed by atoms with E-state index >= 15 is 0 Å². The molecule has 388 valence electrons. The summed E-state index contributed by atoms with van der Waals surface area (Å²) in [7, 11) is -5.80. The standard InChI is InChI=1S/C54H57F2N6O10PS/c55-54(56,73(70,71)72)37-11-15-44-35(23-37)26-45(74-44)49(66)57-41-25-34-22-33(34)24-38-12-13-43(62(38)51(41)68)52(69)61-29-36(28-53(61)18-19-53)32-17-21-59(47(64)27-32)20-6-4-2-1-3-5-8-31-9-7-10-39-40(31)30-60(50(39)67)42-14-16-46(63)58-48(42)65/h7,9-11,15,17,21,23,26-27,33-34,36,38,41-43H,1-4,6,12-14,16,18-20,22,24-25,28-30H2,(H,57,66)(H,58,63,65)(H2,70,71,72)/t33-,34+,36+,38-,41+,42?,43+/m1/s1. The molecule has 1 spiro atoms. The van der Waals surface area contributed by atoms with Crippen molar-refractivity contribution >= 4 is 64.5 Å². The predicted molar refractivity (Wildman–Crippen MR) is 268 cm³/mol. The molecule has 5 aliphatic heterocycles. The highest BCUT2D eigenvalue weighted by Gasteiger charge is 2.59. The van der Waals surface area contributed by atoms with Gasteiger partial charge in [0.05, 0.1) is 4.88 Å². The van der Waals surface area contributed by atoms with Crippen LogP contribution in [0, 0.1) is 23.7 Å². The van der Waals surface area contributed by atoms with Crippen LogP contribution < -0.4 is 16.2 Å². The fraction of sp³-hybridized carbons (Fsp3) is 0.500. The lowest BCUT2D eigenvalue weighted by atomic mass is 9.96. The lowest BCUT2D eigenvalue weighted by Gasteiger charge is -2.37. The largest absolute Gasteiger partial charge is 0.399 e. The van der Waals surface area contributed by atoms with Crippen LogP contribution in [-0.4, -0.2) is 101 Å². The Bertz CT molecular complexity index is 3190. The molecular weight excluding hydrogens is 994 g/mol. The van der Waals surface area contributed by atoms with Crippen LogP contribution in [0.3, 0.4) is 0 Å². The molecule has 2 aromatic heterocycles. The highest BCUT2D eigenvalue weighted by Crippen LogP contribution is 2.60. The number of fused-ring (bicyclic) bond motifs is 4. The molecule has 6 fully saturated rings. The zero-order valence-electron chi connectivity index (χ0n) is 40.6. The summed E-state index contributed by atoms with van der Waals surface area (Å²) in [6.07, 6.45) is 12.3. The fourth-order valence-electron chi connectivity index (χ4n) is 12.4. The molecule has 1 unspecified atom stereocenters. The average Bonchev–Trinajstić information content (AvgIpc) is 4.02. The number of thiophene rings is 1. The molecule has 4 N–H and O–H groups in total. The molecule has 11 rings (SSSR count). The van der Waals surface area contributed by atoms with E-state index in [0.29, 0.717) is 61.4 Å². The Morgan fingerprint density at radius 3 is 2.50 bits per heavy atom. The van der Waals surface area contributed by atoms with Crippen molar-refractivity contribution in [1.29, 1.82) is 0 Å². The minimum Gasteiger partial charge on any atom is -0.340 e. The Kier molecular flexibility index (Phi) is 13.0. The van der Waals surface area contributed by atoms with E-state index in [0.717, 1.165) is 97.9 Å². The number of pyridine rings is 1. The molecule has 20 heteroatoms. The number of amides is 6. The fourth-order valence-corrected chi connectivity index (χ4v) is 13.9. The third-order valence-corrected chi connectivity index (χ3v) is 18.8. The predicted octanol–water partition coefficient (Wildman–Crippen LogP) is 6.49. The smallest absolute Gasteiger partial charge is 0.340 e. The molecular formula is C54H57F2N6O10PS. The first-order valence-corrected chi connectivity index (χ1v) is 28.2. The van der Waals surface area contributed by atoms with Crippen LogP contribution in [0.2, 0.25) is 0 Å². The number of alkyl halides is 2. The topological polar surface area (TPSA) is 216 Å². The third-order valence-electron chi connectivity index (χ3n) is 16.7. The Balaban J connectivity index is 0.678. The highest BCUT2D eigenvalue weighted by atomic mass is 32.1. The number of hydrogen-bond donors (Lipinski definition) is 4. The minimum absolute atomic E-state index is 0.0356. The minimum atomic E-state index is -5.80. The first-order chi connectivity index (χ1) is 35.4. The number of aromatic nitrogens is 1. The first kappa shape index (κ1) is 50.1. The van der Waals surface area contributed by atoms with Crippen molar-refractivity contribution < 1.29 is 51.9 Å². The maximum absolute atomic E-state index is 14.8. The number of likely N-dealkylation sites (tertiary alicyclic amines) is 1. The van der Waals surface area contributed by atoms with Crippen molar-refractivity contribution in [3.8, 4) is 11.8 Å². The van der Waals surface area contributed by atoms with Crippen molar-refractivity contribution in [2.45, 2.75) is 151 Å². The number of benzene rings is 2. The van der Waals surface area contributed by atoms with Gasteiger partial charge in [0.25, 0.3) is 17.4 Å². The maximum atomic E-state index is 14.8. The van der Waals surface area contributed by atoms with Gasteiger partial charge in [-0.2, -0.15) is 8.78 Å². The van der Waals surface area contributed by atoms with E-state index in [1.807, 2.05) is 23.2 Å². The van der Waals surface area contributed by atoms with E-state index in [9.17, 15) is 56.7 Å². The van der Waals surface area contributed by atoms with Crippen LogP contribution in [0.5, 0.6) is 0 Å². The average molecular weight is 1050 g/mol. The van der Waals surface area contributed by atoms with Gasteiger partial charge in [-0.3, -0.25) is 43.4 Å². The van der Waals surface area contributed by atoms with E-state index in [2.05, 4.69) is 22.5 Å². The van der Waals surface area contributed by atoms with E-state index in [4.69, 9.17) is 0 Å². The summed E-state index contributed by atoms with van der Waals surface area (Å²) in [5.74, 6) is 5.10. The molecule has 2 saturated carbocycles. The molecule has 6 amide bonds. The van der Waals surface area contributed by atoms with Crippen molar-refractivity contribution in [1.82, 2.24) is 29.9 Å². The number of unbranched alkanes of at least 4 members (excludes halogenated alkanes) is 4. The van der Waals surface area contributed by atoms with Gasteiger partial charge in [-0.15, -0.1) is 11.3 Å². The Hall–Kier alpha value is -6.06. The molecule has 74 heavy (non-hydrogen) atoms. The van der Waals surface area contributed by atoms with Gasteiger partial charge in [0.1, 0.15) is 18.1 Å². The normalized spacial score (nSPS) is 26.0. The van der Waals surface area contributed by atoms with Crippen LogP contribution in [-0.2, 0) is 42.5 Å². The molecule has 2 aliphatic carbocycles. The number of carbonyl (C=O) groups excluding carboxylic acids is 6. The number of nitrogens with one attached hydrogen (secondary N) is 2. The second-order valence-electron chi connectivity index (χ2n) is 21.5. The lowest BCUT2D eigenvalue weighted by Crippen LogP contribution is -2.57. The molecule has 4 aromatic rings. The van der Waals surface area contributed by atoms with Crippen molar-refractivity contribution in [3.63, 3.8) is 0 Å². The summed E-state index contributed by atoms with van der Waals surface area (Å²) >= 11 is 1.02. The quantitative estimate of drug-likeness (QED) is 0.0494. The van der Waals surface area contributed by atoms with E-state index in [1.165, 1.54) is 17.0 Å². The van der Waals surface area contributed by atoms with Gasteiger partial charge >= 0.3 is 13.3 Å². The van der Waals surface area contributed by atoms with Crippen LogP contribution in [0.25, 0.3) is 10.1 Å². The molecule has 16 nitrogen and oxygen atoms in total. The van der Waals surface area contributed by atoms with Gasteiger partial charge in [0, 0.05) is 83.6 Å². The molecule has 7 heterocycles. The van der Waals surface area contributed by atoms with Gasteiger partial charge < -0.3 is 34.4 Å². The van der Waals surface area contributed by atoms with Gasteiger partial charge in [-0.1, -0.05) is 36.8 Å². The molecule has 0 radical (unpaired) electrons. The second kappa shape index (κ2) is 19.3. The summed E-state index contributed by atoms with van der Waals surface area (Å²) in [6, 6.07) is 11.3. The lowest BCUT2D eigenvalue weighted by molar-refractivity contribution is -0.148. The zero-order chi connectivity index (χ0) is 51.8. The van der Waals surface area contributed by atoms with Crippen LogP contribution in [0.1, 0.15) is 145 Å². The number of rotatable bonds is 13. The van der Waals surface area contributed by atoms with Gasteiger partial charge in [0.2, 0.25) is 23.6 Å². The van der Waals surface area contributed by atoms with Crippen LogP contribution >= 0.6 is 18.9 Å². The summed E-state index contributed by atoms with van der Waals surface area (Å²) in [5.41, 5.74) is -2.70. The second-order valence-corrected chi connectivity index (χ2v) is 24.2.